The van der Waals surface area contributed by atoms with Gasteiger partial charge in [-0.3, -0.25) is 14.5 Å². The fourth-order valence-electron chi connectivity index (χ4n) is 3.80. The summed E-state index contributed by atoms with van der Waals surface area (Å²) in [6.07, 6.45) is 0.891. The van der Waals surface area contributed by atoms with Gasteiger partial charge in [-0.1, -0.05) is 15.9 Å². The molecular formula is C23H27BrN2O5. The third-order valence-electron chi connectivity index (χ3n) is 5.25. The quantitative estimate of drug-likeness (QED) is 0.564. The highest BCUT2D eigenvalue weighted by molar-refractivity contribution is 9.10. The number of carbonyl (C=O) groups excluding carboxylic acids is 2. The van der Waals surface area contributed by atoms with Crippen LogP contribution in [0.3, 0.4) is 0 Å². The van der Waals surface area contributed by atoms with Crippen molar-refractivity contribution in [2.45, 2.75) is 25.8 Å². The average molecular weight is 491 g/mol. The van der Waals surface area contributed by atoms with Crippen LogP contribution in [-0.2, 0) is 20.7 Å². The summed E-state index contributed by atoms with van der Waals surface area (Å²) in [5.41, 5.74) is 2.75. The van der Waals surface area contributed by atoms with Crippen LogP contribution in [0.2, 0.25) is 0 Å². The summed E-state index contributed by atoms with van der Waals surface area (Å²) >= 11 is 3.39. The standard InChI is InChI=1S/C23H27BrN2O5/c1-4-31-23(28)13-19-18-12-21(30-3)20(29-2)11-15(18)9-10-26(19)14-22(27)25-17-7-5-16(24)6-8-17/h5-8,11-12,19H,4,9-10,13-14H2,1-3H3,(H,25,27)/t19-/m1/s1. The molecule has 2 aromatic carbocycles. The Hall–Kier alpha value is -2.58. The van der Waals surface area contributed by atoms with Crippen LogP contribution in [0.1, 0.15) is 30.5 Å². The van der Waals surface area contributed by atoms with Gasteiger partial charge in [-0.05, 0) is 60.9 Å². The van der Waals surface area contributed by atoms with Crippen molar-refractivity contribution in [3.8, 4) is 11.5 Å². The summed E-state index contributed by atoms with van der Waals surface area (Å²) in [5, 5.41) is 2.92. The lowest BCUT2D eigenvalue weighted by molar-refractivity contribution is -0.145. The van der Waals surface area contributed by atoms with Crippen molar-refractivity contribution in [3.63, 3.8) is 0 Å². The van der Waals surface area contributed by atoms with Crippen LogP contribution in [0.25, 0.3) is 0 Å². The molecule has 2 aromatic rings. The molecule has 0 aliphatic carbocycles. The van der Waals surface area contributed by atoms with Gasteiger partial charge in [0.2, 0.25) is 5.91 Å². The van der Waals surface area contributed by atoms with Crippen molar-refractivity contribution in [2.75, 3.05) is 39.2 Å². The molecule has 1 atom stereocenters. The molecule has 1 N–H and O–H groups in total. The number of amides is 1. The topological polar surface area (TPSA) is 77.1 Å². The van der Waals surface area contributed by atoms with Gasteiger partial charge in [-0.25, -0.2) is 0 Å². The zero-order chi connectivity index (χ0) is 22.4. The lowest BCUT2D eigenvalue weighted by Crippen LogP contribution is -2.41. The molecule has 0 saturated carbocycles. The highest BCUT2D eigenvalue weighted by atomic mass is 79.9. The van der Waals surface area contributed by atoms with Crippen LogP contribution in [0, 0.1) is 0 Å². The van der Waals surface area contributed by atoms with Crippen molar-refractivity contribution in [1.29, 1.82) is 0 Å². The molecule has 1 aliphatic heterocycles. The minimum Gasteiger partial charge on any atom is -0.493 e. The van der Waals surface area contributed by atoms with E-state index in [0.29, 0.717) is 24.7 Å². The Kier molecular flexibility index (Phi) is 7.92. The summed E-state index contributed by atoms with van der Waals surface area (Å²) in [4.78, 5) is 27.1. The molecule has 1 amide bonds. The smallest absolute Gasteiger partial charge is 0.307 e. The Bertz CT molecular complexity index is 932. The number of halogens is 1. The molecule has 0 spiro atoms. The maximum absolute atomic E-state index is 12.7. The number of esters is 1. The first-order valence-electron chi connectivity index (χ1n) is 10.1. The third kappa shape index (κ3) is 5.77. The van der Waals surface area contributed by atoms with Crippen LogP contribution in [0.4, 0.5) is 5.69 Å². The zero-order valence-corrected chi connectivity index (χ0v) is 19.5. The number of methoxy groups -OCH3 is 2. The summed E-state index contributed by atoms with van der Waals surface area (Å²) in [6.45, 7) is 2.90. The minimum absolute atomic E-state index is 0.139. The highest BCUT2D eigenvalue weighted by Gasteiger charge is 2.32. The van der Waals surface area contributed by atoms with Crippen LogP contribution in [0.15, 0.2) is 40.9 Å². The first kappa shape index (κ1) is 23.1. The SMILES string of the molecule is CCOC(=O)C[C@@H]1c2cc(OC)c(OC)cc2CCN1CC(=O)Nc1ccc(Br)cc1. The van der Waals surface area contributed by atoms with Gasteiger partial charge in [0.15, 0.2) is 11.5 Å². The average Bonchev–Trinajstić information content (AvgIpc) is 2.76. The second-order valence-electron chi connectivity index (χ2n) is 7.21. The third-order valence-corrected chi connectivity index (χ3v) is 5.78. The van der Waals surface area contributed by atoms with Gasteiger partial charge in [0, 0.05) is 22.7 Å². The van der Waals surface area contributed by atoms with E-state index in [2.05, 4.69) is 21.2 Å². The normalized spacial score (nSPS) is 15.7. The minimum atomic E-state index is -0.298. The van der Waals surface area contributed by atoms with Gasteiger partial charge >= 0.3 is 5.97 Å². The number of nitrogens with one attached hydrogen (secondary N) is 1. The van der Waals surface area contributed by atoms with Gasteiger partial charge in [0.1, 0.15) is 0 Å². The van der Waals surface area contributed by atoms with E-state index in [4.69, 9.17) is 14.2 Å². The number of ether oxygens (including phenoxy) is 3. The van der Waals surface area contributed by atoms with Crippen molar-refractivity contribution >= 4 is 33.5 Å². The van der Waals surface area contributed by atoms with E-state index in [9.17, 15) is 9.59 Å². The van der Waals surface area contributed by atoms with Gasteiger partial charge in [0.25, 0.3) is 0 Å². The lowest BCUT2D eigenvalue weighted by Gasteiger charge is -2.37. The van der Waals surface area contributed by atoms with Crippen LogP contribution < -0.4 is 14.8 Å². The van der Waals surface area contributed by atoms with Crippen LogP contribution >= 0.6 is 15.9 Å². The van der Waals surface area contributed by atoms with E-state index >= 15 is 0 Å². The maximum atomic E-state index is 12.7. The van der Waals surface area contributed by atoms with Crippen LogP contribution in [0.5, 0.6) is 11.5 Å². The highest BCUT2D eigenvalue weighted by Crippen LogP contribution is 2.39. The number of hydrogen-bond donors (Lipinski definition) is 1. The molecule has 1 aliphatic rings. The van der Waals surface area contributed by atoms with Crippen molar-refractivity contribution in [3.05, 3.63) is 52.0 Å². The summed E-state index contributed by atoms with van der Waals surface area (Å²) in [6, 6.07) is 11.0. The fraction of sp³-hybridized carbons (Fsp3) is 0.391. The first-order valence-corrected chi connectivity index (χ1v) is 10.9. The Morgan fingerprint density at radius 1 is 1.13 bits per heavy atom. The fourth-order valence-corrected chi connectivity index (χ4v) is 4.07. The van der Waals surface area contributed by atoms with E-state index < -0.39 is 0 Å². The Morgan fingerprint density at radius 2 is 1.81 bits per heavy atom. The molecule has 0 radical (unpaired) electrons. The predicted octanol–water partition coefficient (Wildman–Crippen LogP) is 3.96. The van der Waals surface area contributed by atoms with Crippen LogP contribution in [-0.4, -0.2) is 50.7 Å². The Labute approximate surface area is 190 Å². The molecule has 3 rings (SSSR count). The molecule has 8 heteroatoms. The molecule has 7 nitrogen and oxygen atoms in total. The van der Waals surface area contributed by atoms with E-state index in [1.807, 2.05) is 41.3 Å². The number of hydrogen-bond acceptors (Lipinski definition) is 6. The Balaban J connectivity index is 1.84. The number of anilines is 1. The molecule has 0 bridgehead atoms. The van der Waals surface area contributed by atoms with E-state index in [0.717, 1.165) is 27.7 Å². The summed E-state index contributed by atoms with van der Waals surface area (Å²) in [5.74, 6) is 0.808. The van der Waals surface area contributed by atoms with Gasteiger partial charge < -0.3 is 19.5 Å². The number of rotatable bonds is 8. The van der Waals surface area contributed by atoms with E-state index in [1.54, 1.807) is 21.1 Å². The maximum Gasteiger partial charge on any atom is 0.307 e. The molecule has 0 unspecified atom stereocenters. The molecule has 1 heterocycles. The van der Waals surface area contributed by atoms with Gasteiger partial charge in [-0.2, -0.15) is 0 Å². The molecule has 0 fully saturated rings. The van der Waals surface area contributed by atoms with Crippen molar-refractivity contribution < 1.29 is 23.8 Å². The summed E-state index contributed by atoms with van der Waals surface area (Å²) in [7, 11) is 3.18. The number of benzene rings is 2. The molecular weight excluding hydrogens is 464 g/mol. The lowest BCUT2D eigenvalue weighted by atomic mass is 9.90. The second-order valence-corrected chi connectivity index (χ2v) is 8.12. The van der Waals surface area contributed by atoms with E-state index in [-0.39, 0.29) is 30.9 Å². The zero-order valence-electron chi connectivity index (χ0n) is 17.9. The van der Waals surface area contributed by atoms with Crippen molar-refractivity contribution in [2.24, 2.45) is 0 Å². The molecule has 0 saturated heterocycles. The van der Waals surface area contributed by atoms with Gasteiger partial charge in [-0.15, -0.1) is 0 Å². The monoisotopic (exact) mass is 490 g/mol. The number of fused-ring (bicyclic) bond motifs is 1. The first-order chi connectivity index (χ1) is 14.9. The van der Waals surface area contributed by atoms with Gasteiger partial charge in [0.05, 0.1) is 33.8 Å². The molecule has 31 heavy (non-hydrogen) atoms. The Morgan fingerprint density at radius 3 is 2.45 bits per heavy atom. The predicted molar refractivity (Wildman–Crippen MR) is 122 cm³/mol. The van der Waals surface area contributed by atoms with Crippen molar-refractivity contribution in [1.82, 2.24) is 4.90 Å². The number of nitrogens with zero attached hydrogens (tertiary/aromatic N) is 1. The largest absolute Gasteiger partial charge is 0.493 e. The number of carbonyl (C=O) groups is 2. The van der Waals surface area contributed by atoms with E-state index in [1.165, 1.54) is 0 Å². The molecule has 166 valence electrons. The summed E-state index contributed by atoms with van der Waals surface area (Å²) < 4.78 is 17.0. The molecule has 0 aromatic heterocycles. The second kappa shape index (κ2) is 10.6.